The average molecular weight is 210 g/mol. The van der Waals surface area contributed by atoms with Crippen molar-refractivity contribution in [1.29, 1.82) is 0 Å². The third-order valence-electron chi connectivity index (χ3n) is 1.57. The minimum absolute atomic E-state index is 0.135. The van der Waals surface area contributed by atoms with E-state index in [9.17, 15) is 13.5 Å². The second-order valence-corrected chi connectivity index (χ2v) is 5.35. The van der Waals surface area contributed by atoms with Crippen LogP contribution in [0.15, 0.2) is 0 Å². The summed E-state index contributed by atoms with van der Waals surface area (Å²) in [6, 6.07) is 0. The zero-order valence-electron chi connectivity index (χ0n) is 8.19. The van der Waals surface area contributed by atoms with E-state index in [-0.39, 0.29) is 5.75 Å². The summed E-state index contributed by atoms with van der Waals surface area (Å²) < 4.78 is 26.4. The van der Waals surface area contributed by atoms with E-state index >= 15 is 0 Å². The van der Waals surface area contributed by atoms with Crippen molar-refractivity contribution in [2.24, 2.45) is 0 Å². The molecule has 0 aromatic carbocycles. The summed E-state index contributed by atoms with van der Waals surface area (Å²) >= 11 is 0. The lowest BCUT2D eigenvalue weighted by molar-refractivity contribution is 0.0380. The number of rotatable bonds is 7. The number of hydrogen-bond donors (Lipinski definition) is 1. The van der Waals surface area contributed by atoms with Gasteiger partial charge >= 0.3 is 0 Å². The number of sulfone groups is 1. The van der Waals surface area contributed by atoms with Crippen molar-refractivity contribution in [3.8, 4) is 0 Å². The largest absolute Gasteiger partial charge is 0.391 e. The molecule has 0 amide bonds. The molecule has 1 unspecified atom stereocenters. The fourth-order valence-corrected chi connectivity index (χ4v) is 1.61. The highest BCUT2D eigenvalue weighted by Crippen LogP contribution is 2.00. The van der Waals surface area contributed by atoms with Crippen molar-refractivity contribution in [3.63, 3.8) is 0 Å². The molecule has 0 rings (SSSR count). The van der Waals surface area contributed by atoms with Crippen molar-refractivity contribution >= 4 is 9.84 Å². The summed E-state index contributed by atoms with van der Waals surface area (Å²) in [7, 11) is -2.89. The van der Waals surface area contributed by atoms with Gasteiger partial charge in [0.25, 0.3) is 0 Å². The van der Waals surface area contributed by atoms with E-state index < -0.39 is 15.9 Å². The quantitative estimate of drug-likeness (QED) is 0.652. The van der Waals surface area contributed by atoms with Crippen LogP contribution in [0.25, 0.3) is 0 Å². The van der Waals surface area contributed by atoms with Crippen molar-refractivity contribution in [1.82, 2.24) is 0 Å². The number of aliphatic hydroxyl groups is 1. The van der Waals surface area contributed by atoms with Gasteiger partial charge in [-0.2, -0.15) is 0 Å². The molecule has 1 N–H and O–H groups in total. The van der Waals surface area contributed by atoms with Crippen LogP contribution in [-0.4, -0.2) is 44.9 Å². The number of aliphatic hydroxyl groups excluding tert-OH is 1. The van der Waals surface area contributed by atoms with Gasteiger partial charge < -0.3 is 9.84 Å². The first kappa shape index (κ1) is 12.9. The van der Waals surface area contributed by atoms with Gasteiger partial charge in [-0.25, -0.2) is 8.42 Å². The van der Waals surface area contributed by atoms with Gasteiger partial charge in [-0.05, 0) is 19.8 Å². The Hall–Kier alpha value is -0.130. The molecule has 0 aliphatic carbocycles. The molecular weight excluding hydrogens is 192 g/mol. The van der Waals surface area contributed by atoms with Gasteiger partial charge in [0, 0.05) is 18.6 Å². The maximum Gasteiger partial charge on any atom is 0.147 e. The van der Waals surface area contributed by atoms with E-state index in [0.717, 1.165) is 0 Å². The molecule has 5 heteroatoms. The Balaban J connectivity index is 3.42. The van der Waals surface area contributed by atoms with Gasteiger partial charge in [0.15, 0.2) is 0 Å². The van der Waals surface area contributed by atoms with Gasteiger partial charge in [0.1, 0.15) is 9.84 Å². The molecule has 4 nitrogen and oxygen atoms in total. The van der Waals surface area contributed by atoms with Crippen molar-refractivity contribution in [3.05, 3.63) is 0 Å². The average Bonchev–Trinajstić information content (AvgIpc) is 1.98. The second-order valence-electron chi connectivity index (χ2n) is 3.09. The highest BCUT2D eigenvalue weighted by atomic mass is 32.2. The van der Waals surface area contributed by atoms with Crippen LogP contribution < -0.4 is 0 Å². The molecule has 1 atom stereocenters. The summed E-state index contributed by atoms with van der Waals surface area (Å²) in [5.41, 5.74) is 0. The predicted octanol–water partition coefficient (Wildman–Crippen LogP) is 0.209. The summed E-state index contributed by atoms with van der Waals surface area (Å²) in [5, 5.41) is 9.26. The Kier molecular flexibility index (Phi) is 6.28. The van der Waals surface area contributed by atoms with Gasteiger partial charge in [-0.15, -0.1) is 0 Å². The highest BCUT2D eigenvalue weighted by Gasteiger charge is 2.06. The Morgan fingerprint density at radius 3 is 2.54 bits per heavy atom. The molecule has 13 heavy (non-hydrogen) atoms. The molecule has 0 saturated heterocycles. The van der Waals surface area contributed by atoms with E-state index in [1.807, 2.05) is 6.92 Å². The minimum atomic E-state index is -2.89. The van der Waals surface area contributed by atoms with Gasteiger partial charge in [-0.3, -0.25) is 0 Å². The predicted molar refractivity (Wildman–Crippen MR) is 51.4 cm³/mol. The second kappa shape index (κ2) is 6.34. The van der Waals surface area contributed by atoms with E-state index in [2.05, 4.69) is 0 Å². The normalized spacial score (nSPS) is 14.4. The molecule has 0 heterocycles. The first-order valence-corrected chi connectivity index (χ1v) is 6.45. The van der Waals surface area contributed by atoms with Crippen LogP contribution in [0.5, 0.6) is 0 Å². The lowest BCUT2D eigenvalue weighted by atomic mass is 10.2. The molecule has 80 valence electrons. The standard InChI is InChI=1S/C8H18O4S/c1-3-12-7-8(9)5-4-6-13(2,10)11/h8-9H,3-7H2,1-2H3. The third-order valence-corrected chi connectivity index (χ3v) is 2.60. The summed E-state index contributed by atoms with van der Waals surface area (Å²) in [5.74, 6) is 0.135. The number of ether oxygens (including phenoxy) is 1. The molecule has 0 aliphatic heterocycles. The molecule has 0 saturated carbocycles. The fourth-order valence-electron chi connectivity index (χ4n) is 0.918. The van der Waals surface area contributed by atoms with Gasteiger partial charge in [-0.1, -0.05) is 0 Å². The third kappa shape index (κ3) is 9.79. The zero-order valence-corrected chi connectivity index (χ0v) is 9.01. The molecule has 0 aliphatic rings. The van der Waals surface area contributed by atoms with Crippen molar-refractivity contribution in [2.45, 2.75) is 25.9 Å². The van der Waals surface area contributed by atoms with Crippen LogP contribution in [0.4, 0.5) is 0 Å². The lowest BCUT2D eigenvalue weighted by Crippen LogP contribution is -2.16. The fraction of sp³-hybridized carbons (Fsp3) is 1.00. The van der Waals surface area contributed by atoms with E-state index in [1.54, 1.807) is 0 Å². The van der Waals surface area contributed by atoms with Crippen LogP contribution in [0, 0.1) is 0 Å². The molecular formula is C8H18O4S. The summed E-state index contributed by atoms with van der Waals surface area (Å²) in [6.07, 6.45) is 1.63. The van der Waals surface area contributed by atoms with Crippen LogP contribution in [0.2, 0.25) is 0 Å². The SMILES string of the molecule is CCOCC(O)CCCS(C)(=O)=O. The minimum Gasteiger partial charge on any atom is -0.391 e. The van der Waals surface area contributed by atoms with Crippen molar-refractivity contribution in [2.75, 3.05) is 25.2 Å². The van der Waals surface area contributed by atoms with E-state index in [4.69, 9.17) is 4.74 Å². The molecule has 0 radical (unpaired) electrons. The first-order valence-electron chi connectivity index (χ1n) is 4.39. The summed E-state index contributed by atoms with van der Waals surface area (Å²) in [6.45, 7) is 2.71. The number of hydrogen-bond acceptors (Lipinski definition) is 4. The molecule has 0 spiro atoms. The van der Waals surface area contributed by atoms with Crippen LogP contribution in [0.3, 0.4) is 0 Å². The van der Waals surface area contributed by atoms with Crippen LogP contribution >= 0.6 is 0 Å². The van der Waals surface area contributed by atoms with Gasteiger partial charge in [0.05, 0.1) is 12.7 Å². The Morgan fingerprint density at radius 1 is 1.46 bits per heavy atom. The Bertz CT molecular complexity index is 210. The molecule has 0 fully saturated rings. The van der Waals surface area contributed by atoms with Crippen molar-refractivity contribution < 1.29 is 18.3 Å². The zero-order chi connectivity index (χ0) is 10.3. The monoisotopic (exact) mass is 210 g/mol. The summed E-state index contributed by atoms with van der Waals surface area (Å²) in [4.78, 5) is 0. The maximum absolute atomic E-state index is 10.7. The maximum atomic E-state index is 10.7. The molecule has 0 aromatic rings. The van der Waals surface area contributed by atoms with Crippen LogP contribution in [0.1, 0.15) is 19.8 Å². The Morgan fingerprint density at radius 2 is 2.08 bits per heavy atom. The topological polar surface area (TPSA) is 63.6 Å². The smallest absolute Gasteiger partial charge is 0.147 e. The highest BCUT2D eigenvalue weighted by molar-refractivity contribution is 7.90. The van der Waals surface area contributed by atoms with E-state index in [1.165, 1.54) is 6.26 Å². The van der Waals surface area contributed by atoms with Gasteiger partial charge in [0.2, 0.25) is 0 Å². The van der Waals surface area contributed by atoms with Crippen LogP contribution in [-0.2, 0) is 14.6 Å². The molecule has 0 bridgehead atoms. The van der Waals surface area contributed by atoms with E-state index in [0.29, 0.717) is 26.1 Å². The molecule has 0 aromatic heterocycles. The Labute approximate surface area is 79.8 Å². The lowest BCUT2D eigenvalue weighted by Gasteiger charge is -2.09. The first-order chi connectivity index (χ1) is 5.95.